The summed E-state index contributed by atoms with van der Waals surface area (Å²) in [5.41, 5.74) is -0.831. The molecule has 0 aromatic carbocycles. The van der Waals surface area contributed by atoms with Crippen LogP contribution in [-0.2, 0) is 0 Å². The number of hydrogen-bond donors (Lipinski definition) is 2. The first kappa shape index (κ1) is 14.6. The Hall–Kier alpha value is -1.83. The van der Waals surface area contributed by atoms with Crippen LogP contribution in [0.25, 0.3) is 0 Å². The van der Waals surface area contributed by atoms with E-state index in [0.717, 1.165) is 25.5 Å². The summed E-state index contributed by atoms with van der Waals surface area (Å²) in [6.07, 6.45) is 6.25. The predicted octanol–water partition coefficient (Wildman–Crippen LogP) is 2.38. The van der Waals surface area contributed by atoms with Crippen molar-refractivity contribution in [1.29, 1.82) is 0 Å². The number of pyridine rings is 1. The van der Waals surface area contributed by atoms with Crippen molar-refractivity contribution in [3.63, 3.8) is 0 Å². The third-order valence-corrected chi connectivity index (χ3v) is 4.57. The number of carboxylic acids is 1. The van der Waals surface area contributed by atoms with Crippen LogP contribution in [0.5, 0.6) is 0 Å². The molecule has 1 aromatic rings. The SMILES string of the molecule is CSC1CCCC1Nc1cc(C(=O)O)c([N+](=O)[O-])cn1. The van der Waals surface area contributed by atoms with Gasteiger partial charge < -0.3 is 10.4 Å². The molecule has 108 valence electrons. The number of hydrogen-bond acceptors (Lipinski definition) is 6. The highest BCUT2D eigenvalue weighted by Crippen LogP contribution is 2.31. The zero-order valence-corrected chi connectivity index (χ0v) is 11.7. The van der Waals surface area contributed by atoms with Gasteiger partial charge in [-0.2, -0.15) is 11.8 Å². The van der Waals surface area contributed by atoms with Gasteiger partial charge in [-0.25, -0.2) is 9.78 Å². The average Bonchev–Trinajstić information content (AvgIpc) is 2.85. The first-order valence-corrected chi connectivity index (χ1v) is 7.48. The van der Waals surface area contributed by atoms with Crippen LogP contribution < -0.4 is 5.32 Å². The van der Waals surface area contributed by atoms with Crippen LogP contribution in [0.4, 0.5) is 11.5 Å². The third kappa shape index (κ3) is 3.01. The van der Waals surface area contributed by atoms with Crippen LogP contribution in [0.1, 0.15) is 29.6 Å². The van der Waals surface area contributed by atoms with Gasteiger partial charge in [-0.05, 0) is 19.1 Å². The molecule has 1 heterocycles. The maximum Gasteiger partial charge on any atom is 0.342 e. The summed E-state index contributed by atoms with van der Waals surface area (Å²) in [5, 5.41) is 23.4. The normalized spacial score (nSPS) is 21.6. The lowest BCUT2D eigenvalue weighted by molar-refractivity contribution is -0.385. The minimum Gasteiger partial charge on any atom is -0.477 e. The number of aromatic nitrogens is 1. The Labute approximate surface area is 119 Å². The van der Waals surface area contributed by atoms with Gasteiger partial charge in [-0.3, -0.25) is 10.1 Å². The van der Waals surface area contributed by atoms with Crippen molar-refractivity contribution < 1.29 is 14.8 Å². The summed E-state index contributed by atoms with van der Waals surface area (Å²) in [4.78, 5) is 25.0. The van der Waals surface area contributed by atoms with Gasteiger partial charge in [-0.1, -0.05) is 6.42 Å². The van der Waals surface area contributed by atoms with Gasteiger partial charge in [0.05, 0.1) is 4.92 Å². The van der Waals surface area contributed by atoms with Crippen LogP contribution >= 0.6 is 11.8 Å². The standard InChI is InChI=1S/C12H15N3O4S/c1-20-10-4-2-3-8(10)14-11-5-7(12(16)17)9(6-13-11)15(18)19/h5-6,8,10H,2-4H2,1H3,(H,13,14)(H,16,17). The molecular weight excluding hydrogens is 282 g/mol. The molecule has 0 spiro atoms. The van der Waals surface area contributed by atoms with Crippen LogP contribution in [0.3, 0.4) is 0 Å². The molecule has 2 atom stereocenters. The van der Waals surface area contributed by atoms with E-state index in [2.05, 4.69) is 10.3 Å². The van der Waals surface area contributed by atoms with E-state index in [0.29, 0.717) is 11.1 Å². The first-order valence-electron chi connectivity index (χ1n) is 6.20. The molecule has 2 rings (SSSR count). The van der Waals surface area contributed by atoms with Gasteiger partial charge in [0.15, 0.2) is 0 Å². The van der Waals surface area contributed by atoms with E-state index in [1.807, 2.05) is 6.26 Å². The third-order valence-electron chi connectivity index (χ3n) is 3.40. The second-order valence-corrected chi connectivity index (χ2v) is 5.68. The van der Waals surface area contributed by atoms with E-state index in [1.165, 1.54) is 6.07 Å². The van der Waals surface area contributed by atoms with E-state index < -0.39 is 16.6 Å². The van der Waals surface area contributed by atoms with Gasteiger partial charge in [0.2, 0.25) is 0 Å². The Morgan fingerprint density at radius 1 is 1.60 bits per heavy atom. The molecule has 2 N–H and O–H groups in total. The molecule has 0 aliphatic heterocycles. The van der Waals surface area contributed by atoms with E-state index in [4.69, 9.17) is 5.11 Å². The maximum atomic E-state index is 11.1. The molecule has 8 heteroatoms. The lowest BCUT2D eigenvalue weighted by atomic mass is 10.2. The number of aromatic carboxylic acids is 1. The van der Waals surface area contributed by atoms with E-state index >= 15 is 0 Å². The fraction of sp³-hybridized carbons (Fsp3) is 0.500. The highest BCUT2D eigenvalue weighted by Gasteiger charge is 2.28. The van der Waals surface area contributed by atoms with Crippen molar-refractivity contribution in [2.75, 3.05) is 11.6 Å². The molecule has 0 saturated heterocycles. The van der Waals surface area contributed by atoms with E-state index in [1.54, 1.807) is 11.8 Å². The molecule has 0 bridgehead atoms. The summed E-state index contributed by atoms with van der Waals surface area (Å²) in [6.45, 7) is 0. The number of rotatable bonds is 5. The molecule has 1 aliphatic rings. The summed E-state index contributed by atoms with van der Waals surface area (Å²) < 4.78 is 0. The minimum atomic E-state index is -1.32. The molecule has 1 aromatic heterocycles. The molecule has 20 heavy (non-hydrogen) atoms. The summed E-state index contributed by atoms with van der Waals surface area (Å²) in [5.74, 6) is -0.950. The molecular formula is C12H15N3O4S. The maximum absolute atomic E-state index is 11.1. The van der Waals surface area contributed by atoms with Gasteiger partial charge in [-0.15, -0.1) is 0 Å². The highest BCUT2D eigenvalue weighted by molar-refractivity contribution is 7.99. The molecule has 7 nitrogen and oxygen atoms in total. The fourth-order valence-corrected chi connectivity index (χ4v) is 3.34. The Balaban J connectivity index is 2.23. The molecule has 1 aliphatic carbocycles. The van der Waals surface area contributed by atoms with Gasteiger partial charge in [0.1, 0.15) is 17.6 Å². The molecule has 2 unspecified atom stereocenters. The number of carboxylic acid groups (broad SMARTS) is 1. The second kappa shape index (κ2) is 6.08. The lowest BCUT2D eigenvalue weighted by Crippen LogP contribution is -2.26. The van der Waals surface area contributed by atoms with Crippen molar-refractivity contribution in [2.24, 2.45) is 0 Å². The summed E-state index contributed by atoms with van der Waals surface area (Å²) in [6, 6.07) is 1.46. The van der Waals surface area contributed by atoms with Crippen molar-refractivity contribution in [1.82, 2.24) is 4.98 Å². The summed E-state index contributed by atoms with van der Waals surface area (Å²) >= 11 is 1.76. The molecule has 0 amide bonds. The van der Waals surface area contributed by atoms with E-state index in [9.17, 15) is 14.9 Å². The molecule has 1 saturated carbocycles. The van der Waals surface area contributed by atoms with Crippen molar-refractivity contribution in [3.05, 3.63) is 27.9 Å². The number of carbonyl (C=O) groups is 1. The fourth-order valence-electron chi connectivity index (χ4n) is 2.41. The number of nitrogens with one attached hydrogen (secondary N) is 1. The quantitative estimate of drug-likeness (QED) is 0.635. The van der Waals surface area contributed by atoms with Crippen molar-refractivity contribution in [3.8, 4) is 0 Å². The highest BCUT2D eigenvalue weighted by atomic mass is 32.2. The molecule has 0 radical (unpaired) electrons. The van der Waals surface area contributed by atoms with Crippen LogP contribution in [0, 0.1) is 10.1 Å². The van der Waals surface area contributed by atoms with E-state index in [-0.39, 0.29) is 11.6 Å². The van der Waals surface area contributed by atoms with Gasteiger partial charge >= 0.3 is 11.7 Å². The van der Waals surface area contributed by atoms with Crippen LogP contribution in [-0.4, -0.2) is 38.5 Å². The zero-order valence-electron chi connectivity index (χ0n) is 10.9. The first-order chi connectivity index (χ1) is 9.52. The number of nitro groups is 1. The zero-order chi connectivity index (χ0) is 14.7. The van der Waals surface area contributed by atoms with Gasteiger partial charge in [0.25, 0.3) is 0 Å². The van der Waals surface area contributed by atoms with Crippen molar-refractivity contribution in [2.45, 2.75) is 30.6 Å². The Morgan fingerprint density at radius 3 is 2.95 bits per heavy atom. The van der Waals surface area contributed by atoms with Gasteiger partial charge in [0, 0.05) is 17.4 Å². The monoisotopic (exact) mass is 297 g/mol. The van der Waals surface area contributed by atoms with Crippen LogP contribution in [0.2, 0.25) is 0 Å². The molecule has 1 fully saturated rings. The lowest BCUT2D eigenvalue weighted by Gasteiger charge is -2.19. The largest absolute Gasteiger partial charge is 0.477 e. The average molecular weight is 297 g/mol. The topological polar surface area (TPSA) is 105 Å². The number of nitrogens with zero attached hydrogens (tertiary/aromatic N) is 2. The smallest absolute Gasteiger partial charge is 0.342 e. The Bertz CT molecular complexity index is 537. The minimum absolute atomic E-state index is 0.223. The number of thioether (sulfide) groups is 1. The predicted molar refractivity (Wildman–Crippen MR) is 76.4 cm³/mol. The second-order valence-electron chi connectivity index (χ2n) is 4.60. The van der Waals surface area contributed by atoms with Crippen LogP contribution in [0.15, 0.2) is 12.3 Å². The summed E-state index contributed by atoms with van der Waals surface area (Å²) in [7, 11) is 0. The number of anilines is 1. The Morgan fingerprint density at radius 2 is 2.35 bits per heavy atom. The van der Waals surface area contributed by atoms with Crippen molar-refractivity contribution >= 4 is 29.2 Å². The Kier molecular flexibility index (Phi) is 4.43.